The molecule has 0 aliphatic carbocycles. The Kier molecular flexibility index (Phi) is 2.03. The van der Waals surface area contributed by atoms with E-state index in [1.165, 1.54) is 17.2 Å². The number of imidazole rings is 1. The third-order valence-corrected chi connectivity index (χ3v) is 2.62. The van der Waals surface area contributed by atoms with E-state index in [9.17, 15) is 0 Å². The largest absolute Gasteiger partial charge is 0.253 e. The van der Waals surface area contributed by atoms with Gasteiger partial charge in [0, 0.05) is 20.8 Å². The van der Waals surface area contributed by atoms with Crippen molar-refractivity contribution in [2.45, 2.75) is 34.2 Å². The predicted molar refractivity (Wildman–Crippen MR) is 45.5 cm³/mol. The molecule has 2 heteroatoms. The predicted octanol–water partition coefficient (Wildman–Crippen LogP) is 1.26. The first-order valence-electron chi connectivity index (χ1n) is 4.11. The van der Waals surface area contributed by atoms with Gasteiger partial charge in [-0.3, -0.25) is 0 Å². The van der Waals surface area contributed by atoms with E-state index in [0.29, 0.717) is 0 Å². The summed E-state index contributed by atoms with van der Waals surface area (Å²) >= 11 is 0. The molecule has 11 heavy (non-hydrogen) atoms. The van der Waals surface area contributed by atoms with E-state index in [1.807, 2.05) is 0 Å². The highest BCUT2D eigenvalue weighted by molar-refractivity contribution is 5.06. The van der Waals surface area contributed by atoms with Crippen molar-refractivity contribution in [3.05, 3.63) is 17.2 Å². The van der Waals surface area contributed by atoms with Crippen molar-refractivity contribution in [1.29, 1.82) is 0 Å². The van der Waals surface area contributed by atoms with Crippen molar-refractivity contribution in [1.82, 2.24) is 4.57 Å². The van der Waals surface area contributed by atoms with Crippen LogP contribution in [0.25, 0.3) is 0 Å². The van der Waals surface area contributed by atoms with Crippen LogP contribution in [0.5, 0.6) is 0 Å². The van der Waals surface area contributed by atoms with Gasteiger partial charge in [0.05, 0.1) is 13.6 Å². The van der Waals surface area contributed by atoms with Gasteiger partial charge in [0.15, 0.2) is 0 Å². The maximum atomic E-state index is 2.33. The molecule has 62 valence electrons. The molecule has 0 saturated heterocycles. The summed E-state index contributed by atoms with van der Waals surface area (Å²) in [6, 6.07) is 0. The summed E-state index contributed by atoms with van der Waals surface area (Å²) in [5.41, 5.74) is 2.75. The second-order valence-corrected chi connectivity index (χ2v) is 3.02. The third kappa shape index (κ3) is 1.06. The Morgan fingerprint density at radius 1 is 1.27 bits per heavy atom. The number of hydrogen-bond donors (Lipinski definition) is 0. The average molecular weight is 153 g/mol. The lowest BCUT2D eigenvalue weighted by Gasteiger charge is -1.93. The molecule has 0 saturated carbocycles. The van der Waals surface area contributed by atoms with Gasteiger partial charge in [-0.15, -0.1) is 0 Å². The Hall–Kier alpha value is -0.790. The van der Waals surface area contributed by atoms with Crippen LogP contribution < -0.4 is 4.57 Å². The van der Waals surface area contributed by atoms with Gasteiger partial charge in [-0.25, -0.2) is 9.13 Å². The van der Waals surface area contributed by atoms with Crippen molar-refractivity contribution in [3.8, 4) is 0 Å². The van der Waals surface area contributed by atoms with Crippen LogP contribution in [0.1, 0.15) is 24.1 Å². The maximum absolute atomic E-state index is 2.33. The molecule has 0 aromatic carbocycles. The molecule has 0 bridgehead atoms. The molecule has 0 amide bonds. The minimum absolute atomic E-state index is 1.07. The van der Waals surface area contributed by atoms with Crippen LogP contribution in [0, 0.1) is 20.8 Å². The van der Waals surface area contributed by atoms with E-state index in [2.05, 4.69) is 43.9 Å². The topological polar surface area (TPSA) is 8.81 Å². The van der Waals surface area contributed by atoms with E-state index in [0.717, 1.165) is 6.54 Å². The Balaban J connectivity index is 3.36. The molecule has 0 fully saturated rings. The molecule has 0 spiro atoms. The first kappa shape index (κ1) is 8.31. The van der Waals surface area contributed by atoms with Crippen LogP contribution in [0.4, 0.5) is 0 Å². The van der Waals surface area contributed by atoms with E-state index in [-0.39, 0.29) is 0 Å². The smallest absolute Gasteiger partial charge is 0.234 e. The fourth-order valence-corrected chi connectivity index (χ4v) is 1.57. The van der Waals surface area contributed by atoms with E-state index >= 15 is 0 Å². The number of aromatic nitrogens is 2. The first-order valence-corrected chi connectivity index (χ1v) is 4.11. The summed E-state index contributed by atoms with van der Waals surface area (Å²) in [4.78, 5) is 0. The summed E-state index contributed by atoms with van der Waals surface area (Å²) < 4.78 is 4.56. The maximum Gasteiger partial charge on any atom is 0.253 e. The minimum atomic E-state index is 1.07. The third-order valence-electron chi connectivity index (χ3n) is 2.62. The van der Waals surface area contributed by atoms with Crippen LogP contribution in [-0.4, -0.2) is 4.57 Å². The summed E-state index contributed by atoms with van der Waals surface area (Å²) in [6.07, 6.45) is 0. The van der Waals surface area contributed by atoms with Gasteiger partial charge in [-0.1, -0.05) is 0 Å². The summed E-state index contributed by atoms with van der Waals surface area (Å²) in [5, 5.41) is 0. The Labute approximate surface area is 68.5 Å². The Morgan fingerprint density at radius 3 is 2.00 bits per heavy atom. The number of hydrogen-bond acceptors (Lipinski definition) is 0. The van der Waals surface area contributed by atoms with Crippen LogP contribution in [0.3, 0.4) is 0 Å². The molecule has 0 unspecified atom stereocenters. The Morgan fingerprint density at radius 2 is 1.82 bits per heavy atom. The quantitative estimate of drug-likeness (QED) is 0.537. The van der Waals surface area contributed by atoms with E-state index in [4.69, 9.17) is 0 Å². The van der Waals surface area contributed by atoms with Gasteiger partial charge in [0.25, 0.3) is 5.82 Å². The molecule has 0 radical (unpaired) electrons. The van der Waals surface area contributed by atoms with E-state index < -0.39 is 0 Å². The highest BCUT2D eigenvalue weighted by Crippen LogP contribution is 2.05. The molecular formula is C9H17N2+. The molecule has 0 aliphatic rings. The van der Waals surface area contributed by atoms with Crippen molar-refractivity contribution in [2.75, 3.05) is 0 Å². The summed E-state index contributed by atoms with van der Waals surface area (Å²) in [7, 11) is 2.11. The lowest BCUT2D eigenvalue weighted by Crippen LogP contribution is -2.33. The Bertz CT molecular complexity index is 246. The molecule has 0 atom stereocenters. The number of rotatable bonds is 1. The molecule has 1 aromatic heterocycles. The fourth-order valence-electron chi connectivity index (χ4n) is 1.57. The molecule has 2 nitrogen and oxygen atoms in total. The zero-order valence-corrected chi connectivity index (χ0v) is 8.10. The highest BCUT2D eigenvalue weighted by atomic mass is 15.2. The zero-order chi connectivity index (χ0) is 8.59. The lowest BCUT2D eigenvalue weighted by molar-refractivity contribution is -0.683. The first-order chi connectivity index (χ1) is 5.09. The van der Waals surface area contributed by atoms with E-state index in [1.54, 1.807) is 0 Å². The monoisotopic (exact) mass is 153 g/mol. The minimum Gasteiger partial charge on any atom is -0.234 e. The van der Waals surface area contributed by atoms with Gasteiger partial charge < -0.3 is 0 Å². The molecule has 0 N–H and O–H groups in total. The van der Waals surface area contributed by atoms with Crippen molar-refractivity contribution in [2.24, 2.45) is 7.05 Å². The van der Waals surface area contributed by atoms with Crippen LogP contribution in [0.2, 0.25) is 0 Å². The summed E-state index contributed by atoms with van der Waals surface area (Å²) in [6.45, 7) is 9.74. The summed E-state index contributed by atoms with van der Waals surface area (Å²) in [5.74, 6) is 1.34. The second kappa shape index (κ2) is 2.68. The highest BCUT2D eigenvalue weighted by Gasteiger charge is 2.16. The van der Waals surface area contributed by atoms with Gasteiger partial charge in [-0.2, -0.15) is 0 Å². The number of nitrogens with zero attached hydrogens (tertiary/aromatic N) is 2. The van der Waals surface area contributed by atoms with Gasteiger partial charge in [0.2, 0.25) is 0 Å². The fraction of sp³-hybridized carbons (Fsp3) is 0.667. The van der Waals surface area contributed by atoms with Crippen molar-refractivity contribution >= 4 is 0 Å². The molecule has 1 aromatic rings. The average Bonchev–Trinajstić information content (AvgIpc) is 2.17. The van der Waals surface area contributed by atoms with Crippen molar-refractivity contribution in [3.63, 3.8) is 0 Å². The van der Waals surface area contributed by atoms with Crippen molar-refractivity contribution < 1.29 is 4.57 Å². The molecule has 0 aliphatic heterocycles. The molecule has 1 rings (SSSR count). The van der Waals surface area contributed by atoms with Gasteiger partial charge >= 0.3 is 0 Å². The van der Waals surface area contributed by atoms with Crippen LogP contribution in [-0.2, 0) is 13.6 Å². The zero-order valence-electron chi connectivity index (χ0n) is 8.10. The van der Waals surface area contributed by atoms with Gasteiger partial charge in [-0.05, 0) is 6.92 Å². The SMILES string of the molecule is CCn1c(C)c(C)[n+](C)c1C. The van der Waals surface area contributed by atoms with Crippen LogP contribution in [0.15, 0.2) is 0 Å². The second-order valence-electron chi connectivity index (χ2n) is 3.02. The normalized spacial score (nSPS) is 10.6. The molecule has 1 heterocycles. The molecular weight excluding hydrogens is 136 g/mol. The van der Waals surface area contributed by atoms with Crippen LogP contribution >= 0.6 is 0 Å². The van der Waals surface area contributed by atoms with Gasteiger partial charge in [0.1, 0.15) is 11.4 Å². The lowest BCUT2D eigenvalue weighted by atomic mass is 10.4. The standard InChI is InChI=1S/C9H17N2/c1-6-11-8(3)7(2)10(5)9(11)4/h6H2,1-5H3/q+1.